The van der Waals surface area contributed by atoms with Crippen LogP contribution in [-0.4, -0.2) is 29.6 Å². The predicted octanol–water partition coefficient (Wildman–Crippen LogP) is 5.89. The minimum Gasteiger partial charge on any atom is -0.336 e. The van der Waals surface area contributed by atoms with Crippen LogP contribution in [0.5, 0.6) is 0 Å². The van der Waals surface area contributed by atoms with Crippen LogP contribution in [0.4, 0.5) is 0 Å². The number of fused-ring (bicyclic) bond motifs is 3. The van der Waals surface area contributed by atoms with Gasteiger partial charge < -0.3 is 10.3 Å². The molecule has 0 saturated heterocycles. The Morgan fingerprint density at radius 2 is 1.67 bits per heavy atom. The maximum atomic E-state index is 7.29. The molecule has 1 unspecified atom stereocenters. The molecule has 7 nitrogen and oxygen atoms in total. The zero-order valence-electron chi connectivity index (χ0n) is 18.9. The van der Waals surface area contributed by atoms with E-state index in [1.54, 1.807) is 17.0 Å². The number of rotatable bonds is 4. The lowest BCUT2D eigenvalue weighted by Gasteiger charge is -2.31. The molecule has 0 radical (unpaired) electrons. The van der Waals surface area contributed by atoms with Gasteiger partial charge >= 0.3 is 0 Å². The van der Waals surface area contributed by atoms with Gasteiger partial charge in [-0.2, -0.15) is 4.52 Å². The van der Waals surface area contributed by atoms with Gasteiger partial charge in [-0.05, 0) is 63.5 Å². The number of nitrogens with zero attached hydrogens (tertiary/aromatic N) is 6. The van der Waals surface area contributed by atoms with E-state index in [1.807, 2.05) is 78.3 Å². The smallest absolute Gasteiger partial charge is 0.199 e. The van der Waals surface area contributed by atoms with Gasteiger partial charge in [0.05, 0.1) is 28.8 Å². The van der Waals surface area contributed by atoms with Crippen molar-refractivity contribution in [1.82, 2.24) is 29.6 Å². The minimum absolute atomic E-state index is 0.418. The summed E-state index contributed by atoms with van der Waals surface area (Å²) in [5, 5.41) is 14.6. The summed E-state index contributed by atoms with van der Waals surface area (Å²) in [6.07, 6.45) is 3.50. The quantitative estimate of drug-likeness (QED) is 0.305. The molecule has 1 atom stereocenters. The Labute approximate surface area is 221 Å². The fourth-order valence-electron chi connectivity index (χ4n) is 4.72. The van der Waals surface area contributed by atoms with Crippen LogP contribution in [0.3, 0.4) is 0 Å². The first-order valence-electron chi connectivity index (χ1n) is 11.0. The van der Waals surface area contributed by atoms with E-state index in [1.165, 1.54) is 0 Å². The average Bonchev–Trinajstić information content (AvgIpc) is 3.54. The summed E-state index contributed by atoms with van der Waals surface area (Å²) in [6, 6.07) is 21.0. The molecule has 0 aliphatic carbocycles. The molecule has 3 heterocycles. The number of halogens is 3. The molecule has 10 heteroatoms. The van der Waals surface area contributed by atoms with E-state index in [9.17, 15) is 0 Å². The highest BCUT2D eigenvalue weighted by Gasteiger charge is 2.35. The molecule has 0 saturated carbocycles. The van der Waals surface area contributed by atoms with Gasteiger partial charge in [0.15, 0.2) is 5.65 Å². The largest absolute Gasteiger partial charge is 0.336 e. The first-order valence-corrected chi connectivity index (χ1v) is 12.1. The molecular weight excluding hydrogens is 517 g/mol. The summed E-state index contributed by atoms with van der Waals surface area (Å²) in [5.74, 6) is 0. The summed E-state index contributed by atoms with van der Waals surface area (Å²) in [6.45, 7) is 0. The Morgan fingerprint density at radius 1 is 0.889 bits per heavy atom. The molecule has 2 N–H and O–H groups in total. The topological polar surface area (TPSA) is 86.9 Å². The Hall–Kier alpha value is -3.49. The third-order valence-electron chi connectivity index (χ3n) is 6.47. The Bertz CT molecular complexity index is 1760. The van der Waals surface area contributed by atoms with Crippen molar-refractivity contribution in [3.8, 4) is 11.1 Å². The van der Waals surface area contributed by atoms with E-state index in [2.05, 4.69) is 20.5 Å². The van der Waals surface area contributed by atoms with Gasteiger partial charge in [-0.25, -0.2) is 4.98 Å². The number of aryl methyl sites for hydroxylation is 1. The summed E-state index contributed by atoms with van der Waals surface area (Å²) in [5.41, 5.74) is 11.6. The molecular formula is C26H18Cl3N7. The Morgan fingerprint density at radius 3 is 2.39 bits per heavy atom. The van der Waals surface area contributed by atoms with Crippen LogP contribution >= 0.6 is 34.8 Å². The monoisotopic (exact) mass is 533 g/mol. The van der Waals surface area contributed by atoms with Gasteiger partial charge in [-0.1, -0.05) is 65.1 Å². The van der Waals surface area contributed by atoms with Crippen molar-refractivity contribution in [3.05, 3.63) is 111 Å². The average molecular weight is 535 g/mol. The second-order valence-corrected chi connectivity index (χ2v) is 9.80. The van der Waals surface area contributed by atoms with Crippen LogP contribution in [-0.2, 0) is 12.6 Å². The summed E-state index contributed by atoms with van der Waals surface area (Å²) < 4.78 is 3.54. The number of aromatic nitrogens is 6. The summed E-state index contributed by atoms with van der Waals surface area (Å²) >= 11 is 19.5. The molecule has 6 rings (SSSR count). The van der Waals surface area contributed by atoms with E-state index >= 15 is 0 Å². The number of nitrogens with two attached hydrogens (primary N) is 1. The third-order valence-corrected chi connectivity index (χ3v) is 7.31. The van der Waals surface area contributed by atoms with Crippen LogP contribution in [0.25, 0.3) is 27.7 Å². The molecule has 0 amide bonds. The number of benzene rings is 3. The number of hydrogen-bond acceptors (Lipinski definition) is 5. The van der Waals surface area contributed by atoms with Gasteiger partial charge in [-0.15, -0.1) is 5.10 Å². The Kier molecular flexibility index (Phi) is 5.46. The highest BCUT2D eigenvalue weighted by molar-refractivity contribution is 6.38. The van der Waals surface area contributed by atoms with Crippen LogP contribution in [0.15, 0.2) is 79.3 Å². The third kappa shape index (κ3) is 3.47. The zero-order valence-corrected chi connectivity index (χ0v) is 21.2. The lowest BCUT2D eigenvalue weighted by atomic mass is 9.80. The summed E-state index contributed by atoms with van der Waals surface area (Å²) in [4.78, 5) is 4.33. The molecule has 0 fully saturated rings. The highest BCUT2D eigenvalue weighted by atomic mass is 35.5. The fourth-order valence-corrected chi connectivity index (χ4v) is 5.37. The van der Waals surface area contributed by atoms with Gasteiger partial charge in [0.1, 0.15) is 5.54 Å². The molecule has 178 valence electrons. The van der Waals surface area contributed by atoms with Crippen LogP contribution in [0, 0.1) is 0 Å². The van der Waals surface area contributed by atoms with E-state index < -0.39 is 5.54 Å². The maximum Gasteiger partial charge on any atom is 0.199 e. The highest BCUT2D eigenvalue weighted by Crippen LogP contribution is 2.41. The molecule has 0 aliphatic rings. The number of tetrazole rings is 1. The first kappa shape index (κ1) is 22.9. The number of hydrogen-bond donors (Lipinski definition) is 1. The van der Waals surface area contributed by atoms with Crippen molar-refractivity contribution in [2.24, 2.45) is 12.8 Å². The lowest BCUT2D eigenvalue weighted by molar-refractivity contribution is 0.596. The molecule has 3 aromatic carbocycles. The minimum atomic E-state index is -1.04. The second kappa shape index (κ2) is 8.57. The predicted molar refractivity (Wildman–Crippen MR) is 142 cm³/mol. The molecule has 0 spiro atoms. The molecule has 6 aromatic rings. The lowest BCUT2D eigenvalue weighted by Crippen LogP contribution is -2.40. The Balaban J connectivity index is 1.71. The zero-order chi connectivity index (χ0) is 25.0. The summed E-state index contributed by atoms with van der Waals surface area (Å²) in [7, 11) is 1.92. The van der Waals surface area contributed by atoms with Gasteiger partial charge in [0.2, 0.25) is 0 Å². The maximum absolute atomic E-state index is 7.29. The van der Waals surface area contributed by atoms with E-state index in [0.29, 0.717) is 20.7 Å². The normalized spacial score (nSPS) is 13.4. The second-order valence-electron chi connectivity index (χ2n) is 8.55. The van der Waals surface area contributed by atoms with Crippen molar-refractivity contribution in [1.29, 1.82) is 0 Å². The molecule has 3 aromatic heterocycles. The van der Waals surface area contributed by atoms with Crippen LogP contribution in [0.2, 0.25) is 15.1 Å². The van der Waals surface area contributed by atoms with Gasteiger partial charge in [-0.3, -0.25) is 0 Å². The van der Waals surface area contributed by atoms with Crippen molar-refractivity contribution >= 4 is 51.4 Å². The van der Waals surface area contributed by atoms with Crippen molar-refractivity contribution in [3.63, 3.8) is 0 Å². The number of imidazole rings is 1. The van der Waals surface area contributed by atoms with Crippen LogP contribution in [0.1, 0.15) is 16.8 Å². The molecule has 36 heavy (non-hydrogen) atoms. The SMILES string of the molecule is Cn1cncc1C(N)(c1ccc(Cl)cc1)c1ccc2c(c1)c(-c1cccc(Cl)c1)c(Cl)c1nnnn12. The molecule has 0 bridgehead atoms. The standard InChI is InChI=1S/C26H18Cl3N7/c1-35-14-31-13-22(35)26(30,16-5-8-18(27)9-6-16)17-7-10-21-20(12-17)23(15-3-2-4-19(28)11-15)24(29)25-32-33-34-36(21)25/h2-14H,30H2,1H3. The molecule has 0 aliphatic heterocycles. The van der Waals surface area contributed by atoms with E-state index in [0.717, 1.165) is 38.9 Å². The number of pyridine rings is 1. The van der Waals surface area contributed by atoms with Crippen molar-refractivity contribution < 1.29 is 0 Å². The van der Waals surface area contributed by atoms with Crippen LogP contribution < -0.4 is 5.73 Å². The van der Waals surface area contributed by atoms with E-state index in [-0.39, 0.29) is 0 Å². The van der Waals surface area contributed by atoms with Gasteiger partial charge in [0.25, 0.3) is 0 Å². The van der Waals surface area contributed by atoms with Crippen molar-refractivity contribution in [2.75, 3.05) is 0 Å². The fraction of sp³-hybridized carbons (Fsp3) is 0.0769. The van der Waals surface area contributed by atoms with E-state index in [4.69, 9.17) is 40.5 Å². The van der Waals surface area contributed by atoms with Crippen molar-refractivity contribution in [2.45, 2.75) is 5.54 Å². The first-order chi connectivity index (χ1) is 17.4. The van der Waals surface area contributed by atoms with Gasteiger partial charge in [0, 0.05) is 28.0 Å².